The van der Waals surface area contributed by atoms with Crippen LogP contribution in [0.3, 0.4) is 0 Å². The van der Waals surface area contributed by atoms with Gasteiger partial charge in [-0.25, -0.2) is 0 Å². The second-order valence-electron chi connectivity index (χ2n) is 4.71. The van der Waals surface area contributed by atoms with Gasteiger partial charge in [-0.2, -0.15) is 0 Å². The minimum absolute atomic E-state index is 0.155. The van der Waals surface area contributed by atoms with Crippen LogP contribution >= 0.6 is 11.8 Å². The second-order valence-corrected chi connectivity index (χ2v) is 5.76. The molecule has 1 heterocycles. The average molecular weight is 291 g/mol. The van der Waals surface area contributed by atoms with Gasteiger partial charge in [-0.15, -0.1) is 0 Å². The van der Waals surface area contributed by atoms with E-state index in [0.29, 0.717) is 17.7 Å². The molecule has 1 aliphatic rings. The van der Waals surface area contributed by atoms with Crippen molar-refractivity contribution in [1.29, 1.82) is 0 Å². The standard InChI is InChI=1S/C15H17NO3S/c1-2-3-11-4-6-12(7-5-11)13(17)10-16-14(18)8-9-20-15(16)19/h4-7H,2-3,8-10H2,1H3. The molecule has 0 radical (unpaired) electrons. The van der Waals surface area contributed by atoms with E-state index in [0.717, 1.165) is 29.5 Å². The van der Waals surface area contributed by atoms with Crippen LogP contribution in [0.5, 0.6) is 0 Å². The summed E-state index contributed by atoms with van der Waals surface area (Å²) in [7, 11) is 0. The Morgan fingerprint density at radius 1 is 1.25 bits per heavy atom. The van der Waals surface area contributed by atoms with Crippen LogP contribution in [-0.2, 0) is 11.2 Å². The van der Waals surface area contributed by atoms with Crippen LogP contribution in [0.1, 0.15) is 35.7 Å². The van der Waals surface area contributed by atoms with E-state index in [4.69, 9.17) is 0 Å². The normalized spacial score (nSPS) is 15.6. The van der Waals surface area contributed by atoms with Crippen molar-refractivity contribution >= 4 is 28.7 Å². The number of hydrogen-bond acceptors (Lipinski definition) is 4. The topological polar surface area (TPSA) is 54.5 Å². The van der Waals surface area contributed by atoms with Gasteiger partial charge in [0, 0.05) is 17.7 Å². The molecule has 0 atom stereocenters. The molecule has 1 fully saturated rings. The molecular formula is C15H17NO3S. The molecule has 20 heavy (non-hydrogen) atoms. The molecule has 1 aromatic rings. The first-order chi connectivity index (χ1) is 9.61. The van der Waals surface area contributed by atoms with Gasteiger partial charge in [-0.1, -0.05) is 49.4 Å². The molecule has 1 aromatic carbocycles. The number of Topliss-reactive ketones (excluding diaryl/α,β-unsaturated/α-hetero) is 1. The Balaban J connectivity index is 2.03. The SMILES string of the molecule is CCCc1ccc(C(=O)CN2C(=O)CCSC2=O)cc1. The summed E-state index contributed by atoms with van der Waals surface area (Å²) < 4.78 is 0. The molecule has 5 heteroatoms. The van der Waals surface area contributed by atoms with Crippen LogP contribution in [0, 0.1) is 0 Å². The lowest BCUT2D eigenvalue weighted by Gasteiger charge is -2.23. The summed E-state index contributed by atoms with van der Waals surface area (Å²) in [5.74, 6) is 0.0515. The highest BCUT2D eigenvalue weighted by Crippen LogP contribution is 2.19. The fourth-order valence-corrected chi connectivity index (χ4v) is 2.85. The van der Waals surface area contributed by atoms with Crippen molar-refractivity contribution in [3.05, 3.63) is 35.4 Å². The quantitative estimate of drug-likeness (QED) is 0.783. The molecule has 2 amide bonds. The number of benzene rings is 1. The highest BCUT2D eigenvalue weighted by molar-refractivity contribution is 8.13. The highest BCUT2D eigenvalue weighted by atomic mass is 32.2. The molecule has 0 spiro atoms. The van der Waals surface area contributed by atoms with E-state index in [2.05, 4.69) is 6.92 Å². The van der Waals surface area contributed by atoms with Crippen molar-refractivity contribution in [3.8, 4) is 0 Å². The molecule has 0 bridgehead atoms. The predicted molar refractivity (Wildman–Crippen MR) is 79.0 cm³/mol. The summed E-state index contributed by atoms with van der Waals surface area (Å²) in [5.41, 5.74) is 1.73. The lowest BCUT2D eigenvalue weighted by molar-refractivity contribution is -0.127. The first-order valence-corrected chi connectivity index (χ1v) is 7.69. The van der Waals surface area contributed by atoms with Crippen molar-refractivity contribution in [1.82, 2.24) is 4.90 Å². The maximum Gasteiger partial charge on any atom is 0.288 e. The van der Waals surface area contributed by atoms with Crippen LogP contribution < -0.4 is 0 Å². The highest BCUT2D eigenvalue weighted by Gasteiger charge is 2.28. The third-order valence-corrected chi connectivity index (χ3v) is 4.05. The number of imide groups is 1. The number of amides is 2. The van der Waals surface area contributed by atoms with E-state index in [1.807, 2.05) is 12.1 Å². The molecule has 0 aliphatic carbocycles. The first-order valence-electron chi connectivity index (χ1n) is 6.71. The van der Waals surface area contributed by atoms with E-state index in [-0.39, 0.29) is 23.5 Å². The van der Waals surface area contributed by atoms with Crippen molar-refractivity contribution < 1.29 is 14.4 Å². The maximum atomic E-state index is 12.1. The lowest BCUT2D eigenvalue weighted by Crippen LogP contribution is -2.41. The molecule has 0 unspecified atom stereocenters. The molecule has 1 saturated heterocycles. The summed E-state index contributed by atoms with van der Waals surface area (Å²) in [6.07, 6.45) is 2.36. The summed E-state index contributed by atoms with van der Waals surface area (Å²) in [5, 5.41) is -0.322. The minimum Gasteiger partial charge on any atom is -0.292 e. The molecule has 2 rings (SSSR count). The maximum absolute atomic E-state index is 12.1. The average Bonchev–Trinajstić information content (AvgIpc) is 2.44. The number of aryl methyl sites for hydroxylation is 1. The summed E-state index contributed by atoms with van der Waals surface area (Å²) in [6, 6.07) is 7.37. The molecule has 106 valence electrons. The van der Waals surface area contributed by atoms with Gasteiger partial charge >= 0.3 is 0 Å². The summed E-state index contributed by atoms with van der Waals surface area (Å²) >= 11 is 1.09. The first kappa shape index (κ1) is 14.8. The lowest BCUT2D eigenvalue weighted by atomic mass is 10.1. The van der Waals surface area contributed by atoms with Crippen LogP contribution in [0.15, 0.2) is 24.3 Å². The molecule has 4 nitrogen and oxygen atoms in total. The van der Waals surface area contributed by atoms with Gasteiger partial charge in [-0.3, -0.25) is 19.3 Å². The Bertz CT molecular complexity index is 508. The van der Waals surface area contributed by atoms with Gasteiger partial charge < -0.3 is 0 Å². The van der Waals surface area contributed by atoms with Gasteiger partial charge in [0.2, 0.25) is 5.91 Å². The molecule has 0 saturated carbocycles. The number of thioether (sulfide) groups is 1. The number of carbonyl (C=O) groups is 3. The Kier molecular flexibility index (Phi) is 4.95. The smallest absolute Gasteiger partial charge is 0.288 e. The molecule has 0 aromatic heterocycles. The predicted octanol–water partition coefficient (Wildman–Crippen LogP) is 2.91. The van der Waals surface area contributed by atoms with Gasteiger partial charge in [-0.05, 0) is 12.0 Å². The minimum atomic E-state index is -0.322. The Hall–Kier alpha value is -1.62. The fourth-order valence-electron chi connectivity index (χ4n) is 2.07. The summed E-state index contributed by atoms with van der Waals surface area (Å²) in [4.78, 5) is 36.4. The van der Waals surface area contributed by atoms with Gasteiger partial charge in [0.1, 0.15) is 0 Å². The van der Waals surface area contributed by atoms with E-state index in [9.17, 15) is 14.4 Å². The van der Waals surface area contributed by atoms with Crippen LogP contribution in [-0.4, -0.2) is 34.1 Å². The van der Waals surface area contributed by atoms with E-state index < -0.39 is 0 Å². The summed E-state index contributed by atoms with van der Waals surface area (Å²) in [6.45, 7) is 1.95. The van der Waals surface area contributed by atoms with Crippen molar-refractivity contribution in [2.24, 2.45) is 0 Å². The molecule has 0 N–H and O–H groups in total. The zero-order valence-electron chi connectivity index (χ0n) is 11.4. The number of nitrogens with zero attached hydrogens (tertiary/aromatic N) is 1. The van der Waals surface area contributed by atoms with Crippen LogP contribution in [0.4, 0.5) is 4.79 Å². The van der Waals surface area contributed by atoms with Gasteiger partial charge in [0.25, 0.3) is 5.24 Å². The van der Waals surface area contributed by atoms with Crippen LogP contribution in [0.25, 0.3) is 0 Å². The zero-order chi connectivity index (χ0) is 14.5. The zero-order valence-corrected chi connectivity index (χ0v) is 12.2. The van der Waals surface area contributed by atoms with E-state index in [1.165, 1.54) is 5.56 Å². The largest absolute Gasteiger partial charge is 0.292 e. The Morgan fingerprint density at radius 3 is 2.55 bits per heavy atom. The van der Waals surface area contributed by atoms with E-state index in [1.54, 1.807) is 12.1 Å². The van der Waals surface area contributed by atoms with E-state index >= 15 is 0 Å². The Morgan fingerprint density at radius 2 is 1.95 bits per heavy atom. The third-order valence-electron chi connectivity index (χ3n) is 3.18. The van der Waals surface area contributed by atoms with Crippen molar-refractivity contribution in [2.75, 3.05) is 12.3 Å². The number of hydrogen-bond donors (Lipinski definition) is 0. The second kappa shape index (κ2) is 6.70. The number of carbonyl (C=O) groups excluding carboxylic acids is 3. The fraction of sp³-hybridized carbons (Fsp3) is 0.400. The Labute approximate surface area is 122 Å². The third kappa shape index (κ3) is 3.48. The van der Waals surface area contributed by atoms with Gasteiger partial charge in [0.15, 0.2) is 5.78 Å². The van der Waals surface area contributed by atoms with Crippen molar-refractivity contribution in [2.45, 2.75) is 26.2 Å². The molecular weight excluding hydrogens is 274 g/mol. The monoisotopic (exact) mass is 291 g/mol. The van der Waals surface area contributed by atoms with Crippen molar-refractivity contribution in [3.63, 3.8) is 0 Å². The van der Waals surface area contributed by atoms with Crippen LogP contribution in [0.2, 0.25) is 0 Å². The van der Waals surface area contributed by atoms with Gasteiger partial charge in [0.05, 0.1) is 6.54 Å². The number of rotatable bonds is 5. The molecule has 1 aliphatic heterocycles. The number of ketones is 1.